The van der Waals surface area contributed by atoms with E-state index in [0.29, 0.717) is 11.6 Å². The molecule has 2 aromatic rings. The van der Waals surface area contributed by atoms with Gasteiger partial charge in [-0.3, -0.25) is 0 Å². The number of nitrogens with two attached hydrogens (primary N) is 1. The molecule has 0 atom stereocenters. The number of methoxy groups -OCH3 is 1. The number of aromatic nitrogens is 3. The molecular weight excluding hydrogens is 208 g/mol. The molecule has 0 radical (unpaired) electrons. The Kier molecular flexibility index (Phi) is 2.40. The highest BCUT2D eigenvalue weighted by atomic mass is 16.5. The first-order chi connectivity index (χ1) is 7.61. The Morgan fingerprint density at radius 3 is 2.94 bits per heavy atom. The van der Waals surface area contributed by atoms with Gasteiger partial charge in [-0.15, -0.1) is 0 Å². The van der Waals surface area contributed by atoms with Crippen LogP contribution in [-0.2, 0) is 11.8 Å². The molecule has 0 aliphatic carbocycles. The number of carbonyl (C=O) groups excluding carboxylic acids is 1. The van der Waals surface area contributed by atoms with Crippen LogP contribution in [-0.4, -0.2) is 27.6 Å². The van der Waals surface area contributed by atoms with Crippen molar-refractivity contribution in [2.24, 2.45) is 7.05 Å². The zero-order valence-corrected chi connectivity index (χ0v) is 9.02. The fourth-order valence-electron chi connectivity index (χ4n) is 1.50. The lowest BCUT2D eigenvalue weighted by Crippen LogP contribution is -2.06. The van der Waals surface area contributed by atoms with Crippen LogP contribution in [0.1, 0.15) is 10.5 Å². The number of hydrogen-bond donors (Lipinski definition) is 2. The summed E-state index contributed by atoms with van der Waals surface area (Å²) >= 11 is 0. The number of nitrogens with zero attached hydrogens (tertiary/aromatic N) is 2. The second kappa shape index (κ2) is 3.73. The number of nitrogens with one attached hydrogen (secondary N) is 1. The molecule has 0 amide bonds. The molecule has 0 aliphatic heterocycles. The molecule has 2 rings (SSSR count). The predicted octanol–water partition coefficient (Wildman–Crippen LogP) is 0.784. The van der Waals surface area contributed by atoms with Crippen molar-refractivity contribution in [1.29, 1.82) is 0 Å². The van der Waals surface area contributed by atoms with Crippen LogP contribution < -0.4 is 5.73 Å². The highest BCUT2D eigenvalue weighted by Gasteiger charge is 2.13. The van der Waals surface area contributed by atoms with E-state index >= 15 is 0 Å². The van der Waals surface area contributed by atoms with Crippen LogP contribution in [0.2, 0.25) is 0 Å². The average Bonchev–Trinajstić information content (AvgIpc) is 2.83. The van der Waals surface area contributed by atoms with Crippen molar-refractivity contribution in [2.45, 2.75) is 0 Å². The smallest absolute Gasteiger partial charge is 0.354 e. The van der Waals surface area contributed by atoms with Crippen LogP contribution in [0.15, 0.2) is 18.5 Å². The number of aromatic amines is 1. The molecule has 0 saturated carbocycles. The van der Waals surface area contributed by atoms with Gasteiger partial charge < -0.3 is 20.0 Å². The van der Waals surface area contributed by atoms with Crippen LogP contribution in [0.3, 0.4) is 0 Å². The minimum Gasteiger partial charge on any atom is -0.464 e. The van der Waals surface area contributed by atoms with E-state index in [0.717, 1.165) is 11.3 Å². The summed E-state index contributed by atoms with van der Waals surface area (Å²) in [4.78, 5) is 18.2. The number of H-pyrrole nitrogens is 1. The monoisotopic (exact) mass is 220 g/mol. The summed E-state index contributed by atoms with van der Waals surface area (Å²) in [5.41, 5.74) is 7.57. The molecule has 3 N–H and O–H groups in total. The van der Waals surface area contributed by atoms with Crippen molar-refractivity contribution in [3.8, 4) is 11.3 Å². The van der Waals surface area contributed by atoms with Crippen molar-refractivity contribution in [1.82, 2.24) is 14.5 Å². The van der Waals surface area contributed by atoms with Crippen molar-refractivity contribution in [3.05, 3.63) is 24.2 Å². The Morgan fingerprint density at radius 1 is 1.62 bits per heavy atom. The number of anilines is 1. The Balaban J connectivity index is 2.41. The van der Waals surface area contributed by atoms with E-state index in [1.165, 1.54) is 7.11 Å². The molecule has 0 aromatic carbocycles. The van der Waals surface area contributed by atoms with Crippen LogP contribution >= 0.6 is 0 Å². The molecular formula is C10H12N4O2. The van der Waals surface area contributed by atoms with Gasteiger partial charge in [0.05, 0.1) is 19.0 Å². The fourth-order valence-corrected chi connectivity index (χ4v) is 1.50. The molecule has 2 heterocycles. The number of rotatable bonds is 2. The second-order valence-electron chi connectivity index (χ2n) is 3.40. The highest BCUT2D eigenvalue weighted by molar-refractivity contribution is 5.89. The van der Waals surface area contributed by atoms with Gasteiger partial charge in [0.1, 0.15) is 5.69 Å². The maximum atomic E-state index is 11.4. The molecule has 0 saturated heterocycles. The molecule has 16 heavy (non-hydrogen) atoms. The van der Waals surface area contributed by atoms with Gasteiger partial charge in [0.2, 0.25) is 0 Å². The highest BCUT2D eigenvalue weighted by Crippen LogP contribution is 2.20. The van der Waals surface area contributed by atoms with Gasteiger partial charge in [-0.2, -0.15) is 0 Å². The Hall–Kier alpha value is -2.24. The molecule has 84 valence electrons. The van der Waals surface area contributed by atoms with Gasteiger partial charge in [-0.25, -0.2) is 9.78 Å². The predicted molar refractivity (Wildman–Crippen MR) is 58.7 cm³/mol. The summed E-state index contributed by atoms with van der Waals surface area (Å²) in [5.74, 6) is -0.0280. The third-order valence-electron chi connectivity index (χ3n) is 2.31. The normalized spacial score (nSPS) is 10.4. The molecule has 6 heteroatoms. The largest absolute Gasteiger partial charge is 0.464 e. The lowest BCUT2D eigenvalue weighted by Gasteiger charge is -1.98. The maximum absolute atomic E-state index is 11.4. The second-order valence-corrected chi connectivity index (χ2v) is 3.40. The van der Waals surface area contributed by atoms with E-state index in [9.17, 15) is 4.79 Å². The SMILES string of the molecule is COC(=O)c1cc(-c2cnc(N)[nH]2)cn1C. The molecule has 2 aromatic heterocycles. The van der Waals surface area contributed by atoms with E-state index in [1.807, 2.05) is 0 Å². The number of ether oxygens (including phenoxy) is 1. The van der Waals surface area contributed by atoms with Crippen molar-refractivity contribution in [2.75, 3.05) is 12.8 Å². The zero-order chi connectivity index (χ0) is 11.7. The fraction of sp³-hybridized carbons (Fsp3) is 0.200. The number of carbonyl (C=O) groups is 1. The van der Waals surface area contributed by atoms with E-state index in [4.69, 9.17) is 5.73 Å². The minimum atomic E-state index is -0.374. The third kappa shape index (κ3) is 1.65. The minimum absolute atomic E-state index is 0.346. The van der Waals surface area contributed by atoms with Crippen molar-refractivity contribution < 1.29 is 9.53 Å². The molecule has 0 fully saturated rings. The van der Waals surface area contributed by atoms with Gasteiger partial charge in [-0.05, 0) is 6.07 Å². The standard InChI is InChI=1S/C10H12N4O2/c1-14-5-6(3-8(14)9(15)16-2)7-4-12-10(11)13-7/h3-5H,1-2H3,(H3,11,12,13). The number of nitrogen functional groups attached to an aromatic ring is 1. The summed E-state index contributed by atoms with van der Waals surface area (Å²) in [6, 6.07) is 1.72. The third-order valence-corrected chi connectivity index (χ3v) is 2.31. The van der Waals surface area contributed by atoms with Gasteiger partial charge in [0.25, 0.3) is 0 Å². The van der Waals surface area contributed by atoms with Crippen LogP contribution in [0.25, 0.3) is 11.3 Å². The van der Waals surface area contributed by atoms with Gasteiger partial charge in [-0.1, -0.05) is 0 Å². The van der Waals surface area contributed by atoms with E-state index in [2.05, 4.69) is 14.7 Å². The molecule has 0 spiro atoms. The summed E-state index contributed by atoms with van der Waals surface area (Å²) in [7, 11) is 3.12. The van der Waals surface area contributed by atoms with Gasteiger partial charge in [0.15, 0.2) is 5.95 Å². The molecule has 6 nitrogen and oxygen atoms in total. The lowest BCUT2D eigenvalue weighted by atomic mass is 10.2. The number of imidazole rings is 1. The van der Waals surface area contributed by atoms with E-state index < -0.39 is 0 Å². The lowest BCUT2D eigenvalue weighted by molar-refractivity contribution is 0.0590. The summed E-state index contributed by atoms with van der Waals surface area (Å²) in [5, 5.41) is 0. The van der Waals surface area contributed by atoms with Gasteiger partial charge in [0, 0.05) is 18.8 Å². The number of aryl methyl sites for hydroxylation is 1. The van der Waals surface area contributed by atoms with E-state index in [1.54, 1.807) is 30.1 Å². The Bertz CT molecular complexity index is 527. The summed E-state index contributed by atoms with van der Waals surface area (Å²) in [6.07, 6.45) is 3.42. The molecule has 0 aliphatic rings. The van der Waals surface area contributed by atoms with Crippen LogP contribution in [0, 0.1) is 0 Å². The maximum Gasteiger partial charge on any atom is 0.354 e. The Labute approximate surface area is 92.0 Å². The topological polar surface area (TPSA) is 85.9 Å². The molecule has 0 bridgehead atoms. The zero-order valence-electron chi connectivity index (χ0n) is 9.02. The first-order valence-corrected chi connectivity index (χ1v) is 4.67. The number of hydrogen-bond acceptors (Lipinski definition) is 4. The average molecular weight is 220 g/mol. The van der Waals surface area contributed by atoms with Crippen molar-refractivity contribution in [3.63, 3.8) is 0 Å². The quantitative estimate of drug-likeness (QED) is 0.732. The summed E-state index contributed by atoms with van der Waals surface area (Å²) in [6.45, 7) is 0. The molecule has 0 unspecified atom stereocenters. The first-order valence-electron chi connectivity index (χ1n) is 4.67. The van der Waals surface area contributed by atoms with E-state index in [-0.39, 0.29) is 5.97 Å². The van der Waals surface area contributed by atoms with Gasteiger partial charge >= 0.3 is 5.97 Å². The van der Waals surface area contributed by atoms with Crippen LogP contribution in [0.5, 0.6) is 0 Å². The Morgan fingerprint density at radius 2 is 2.38 bits per heavy atom. The van der Waals surface area contributed by atoms with Crippen LogP contribution in [0.4, 0.5) is 5.95 Å². The summed E-state index contributed by atoms with van der Waals surface area (Å²) < 4.78 is 6.35. The number of esters is 1. The first kappa shape index (κ1) is 10.3. The van der Waals surface area contributed by atoms with Crippen molar-refractivity contribution >= 4 is 11.9 Å².